The van der Waals surface area contributed by atoms with Crippen LogP contribution in [-0.4, -0.2) is 60.1 Å². The van der Waals surface area contributed by atoms with Crippen LogP contribution in [0.4, 0.5) is 0 Å². The Morgan fingerprint density at radius 3 is 2.88 bits per heavy atom. The van der Waals surface area contributed by atoms with E-state index in [2.05, 4.69) is 6.92 Å². The lowest BCUT2D eigenvalue weighted by Crippen LogP contribution is -2.44. The first-order valence-electron chi connectivity index (χ1n) is 6.13. The Labute approximate surface area is 98.2 Å². The van der Waals surface area contributed by atoms with Crippen LogP contribution >= 0.6 is 0 Å². The van der Waals surface area contributed by atoms with Crippen molar-refractivity contribution in [2.75, 3.05) is 33.2 Å². The van der Waals surface area contributed by atoms with Crippen LogP contribution in [0.2, 0.25) is 0 Å². The lowest BCUT2D eigenvalue weighted by molar-refractivity contribution is -0.134. The summed E-state index contributed by atoms with van der Waals surface area (Å²) in [7, 11) is 1.87. The first-order valence-corrected chi connectivity index (χ1v) is 6.13. The largest absolute Gasteiger partial charge is 0.392 e. The number of aliphatic hydroxyl groups is 1. The minimum atomic E-state index is -0.377. The fourth-order valence-corrected chi connectivity index (χ4v) is 2.26. The van der Waals surface area contributed by atoms with Crippen molar-refractivity contribution < 1.29 is 9.90 Å². The van der Waals surface area contributed by atoms with Crippen LogP contribution in [0.1, 0.15) is 26.7 Å². The van der Waals surface area contributed by atoms with Crippen LogP contribution in [0.5, 0.6) is 0 Å². The van der Waals surface area contributed by atoms with Crippen molar-refractivity contribution >= 4 is 5.91 Å². The maximum atomic E-state index is 11.9. The number of carbonyl (C=O) groups excluding carboxylic acids is 1. The molecule has 94 valence electrons. The summed E-state index contributed by atoms with van der Waals surface area (Å²) in [6.45, 7) is 6.68. The van der Waals surface area contributed by atoms with Crippen LogP contribution in [-0.2, 0) is 4.79 Å². The average molecular weight is 228 g/mol. The molecule has 16 heavy (non-hydrogen) atoms. The third-order valence-electron chi connectivity index (χ3n) is 2.99. The summed E-state index contributed by atoms with van der Waals surface area (Å²) >= 11 is 0. The van der Waals surface area contributed by atoms with Gasteiger partial charge < -0.3 is 10.0 Å². The van der Waals surface area contributed by atoms with Crippen molar-refractivity contribution in [2.24, 2.45) is 5.92 Å². The monoisotopic (exact) mass is 228 g/mol. The lowest BCUT2D eigenvalue weighted by Gasteiger charge is -2.32. The van der Waals surface area contributed by atoms with Gasteiger partial charge in [-0.3, -0.25) is 9.69 Å². The standard InChI is InChI=1S/C12H24N2O2/c1-10-5-4-6-14(7-10)12(16)9-13(3)8-11(2)15/h10-11,15H,4-9H2,1-3H3. The van der Waals surface area contributed by atoms with Gasteiger partial charge in [-0.15, -0.1) is 0 Å². The number of piperidine rings is 1. The van der Waals surface area contributed by atoms with E-state index >= 15 is 0 Å². The topological polar surface area (TPSA) is 43.8 Å². The van der Waals surface area contributed by atoms with E-state index in [0.29, 0.717) is 19.0 Å². The van der Waals surface area contributed by atoms with Crippen molar-refractivity contribution in [3.63, 3.8) is 0 Å². The minimum absolute atomic E-state index is 0.190. The molecule has 4 heteroatoms. The molecule has 0 aromatic carbocycles. The van der Waals surface area contributed by atoms with Crippen LogP contribution in [0, 0.1) is 5.92 Å². The van der Waals surface area contributed by atoms with E-state index < -0.39 is 0 Å². The van der Waals surface area contributed by atoms with Gasteiger partial charge in [-0.1, -0.05) is 6.92 Å². The molecule has 0 bridgehead atoms. The lowest BCUT2D eigenvalue weighted by atomic mass is 10.0. The second-order valence-electron chi connectivity index (χ2n) is 5.13. The highest BCUT2D eigenvalue weighted by Gasteiger charge is 2.21. The Kier molecular flexibility index (Phi) is 5.22. The molecule has 0 radical (unpaired) electrons. The number of likely N-dealkylation sites (tertiary alicyclic amines) is 1. The molecular formula is C12H24N2O2. The highest BCUT2D eigenvalue weighted by molar-refractivity contribution is 5.78. The van der Waals surface area contributed by atoms with Gasteiger partial charge >= 0.3 is 0 Å². The number of hydrogen-bond acceptors (Lipinski definition) is 3. The molecule has 2 atom stereocenters. The van der Waals surface area contributed by atoms with Gasteiger partial charge in [0.1, 0.15) is 0 Å². The zero-order valence-electron chi connectivity index (χ0n) is 10.6. The average Bonchev–Trinajstić information content (AvgIpc) is 2.16. The second kappa shape index (κ2) is 6.21. The minimum Gasteiger partial charge on any atom is -0.392 e. The molecular weight excluding hydrogens is 204 g/mol. The fourth-order valence-electron chi connectivity index (χ4n) is 2.26. The summed E-state index contributed by atoms with van der Waals surface area (Å²) in [6, 6.07) is 0. The molecule has 1 heterocycles. The number of aliphatic hydroxyl groups excluding tert-OH is 1. The first kappa shape index (κ1) is 13.5. The van der Waals surface area contributed by atoms with Gasteiger partial charge in [0, 0.05) is 19.6 Å². The van der Waals surface area contributed by atoms with E-state index in [1.807, 2.05) is 16.8 Å². The molecule has 1 rings (SSSR count). The molecule has 2 unspecified atom stereocenters. The molecule has 1 fully saturated rings. The zero-order chi connectivity index (χ0) is 12.1. The van der Waals surface area contributed by atoms with Crippen molar-refractivity contribution in [1.29, 1.82) is 0 Å². The number of amides is 1. The van der Waals surface area contributed by atoms with E-state index in [1.54, 1.807) is 6.92 Å². The van der Waals surface area contributed by atoms with Gasteiger partial charge in [0.05, 0.1) is 12.6 Å². The van der Waals surface area contributed by atoms with E-state index in [0.717, 1.165) is 19.5 Å². The van der Waals surface area contributed by atoms with E-state index in [4.69, 9.17) is 0 Å². The summed E-state index contributed by atoms with van der Waals surface area (Å²) in [5, 5.41) is 9.22. The van der Waals surface area contributed by atoms with Crippen molar-refractivity contribution in [2.45, 2.75) is 32.8 Å². The first-order chi connectivity index (χ1) is 7.49. The summed E-state index contributed by atoms with van der Waals surface area (Å²) < 4.78 is 0. The number of hydrogen-bond donors (Lipinski definition) is 1. The third kappa shape index (κ3) is 4.49. The van der Waals surface area contributed by atoms with Crippen LogP contribution in [0.3, 0.4) is 0 Å². The summed E-state index contributed by atoms with van der Waals surface area (Å²) in [5.41, 5.74) is 0. The van der Waals surface area contributed by atoms with Crippen molar-refractivity contribution in [3.8, 4) is 0 Å². The van der Waals surface area contributed by atoms with Gasteiger partial charge in [0.15, 0.2) is 0 Å². The molecule has 0 saturated carbocycles. The fraction of sp³-hybridized carbons (Fsp3) is 0.917. The number of likely N-dealkylation sites (N-methyl/N-ethyl adjacent to an activating group) is 1. The highest BCUT2D eigenvalue weighted by atomic mass is 16.3. The van der Waals surface area contributed by atoms with E-state index in [-0.39, 0.29) is 12.0 Å². The molecule has 0 aliphatic carbocycles. The Morgan fingerprint density at radius 1 is 1.62 bits per heavy atom. The number of nitrogens with zero attached hydrogens (tertiary/aromatic N) is 2. The van der Waals surface area contributed by atoms with Crippen molar-refractivity contribution in [3.05, 3.63) is 0 Å². The van der Waals surface area contributed by atoms with E-state index in [1.165, 1.54) is 6.42 Å². The van der Waals surface area contributed by atoms with Gasteiger partial charge in [0.25, 0.3) is 0 Å². The Hall–Kier alpha value is -0.610. The molecule has 1 aliphatic rings. The summed E-state index contributed by atoms with van der Waals surface area (Å²) in [5.74, 6) is 0.814. The second-order valence-corrected chi connectivity index (χ2v) is 5.13. The maximum Gasteiger partial charge on any atom is 0.236 e. The zero-order valence-corrected chi connectivity index (χ0v) is 10.6. The van der Waals surface area contributed by atoms with Gasteiger partial charge in [-0.05, 0) is 32.7 Å². The van der Waals surface area contributed by atoms with Gasteiger partial charge in [-0.2, -0.15) is 0 Å². The van der Waals surface area contributed by atoms with Gasteiger partial charge in [-0.25, -0.2) is 0 Å². The molecule has 0 aromatic rings. The maximum absolute atomic E-state index is 11.9. The molecule has 1 amide bonds. The summed E-state index contributed by atoms with van der Waals surface area (Å²) in [6.07, 6.45) is 1.97. The molecule has 1 N–H and O–H groups in total. The molecule has 0 spiro atoms. The quantitative estimate of drug-likeness (QED) is 0.764. The Morgan fingerprint density at radius 2 is 2.31 bits per heavy atom. The normalized spacial score (nSPS) is 23.6. The SMILES string of the molecule is CC(O)CN(C)CC(=O)N1CCCC(C)C1. The van der Waals surface area contributed by atoms with Crippen LogP contribution < -0.4 is 0 Å². The molecule has 4 nitrogen and oxygen atoms in total. The highest BCUT2D eigenvalue weighted by Crippen LogP contribution is 2.15. The smallest absolute Gasteiger partial charge is 0.236 e. The Bertz CT molecular complexity index is 231. The third-order valence-corrected chi connectivity index (χ3v) is 2.99. The predicted molar refractivity (Wildman–Crippen MR) is 64.2 cm³/mol. The Balaban J connectivity index is 2.33. The van der Waals surface area contributed by atoms with Crippen LogP contribution in [0.15, 0.2) is 0 Å². The molecule has 0 aromatic heterocycles. The van der Waals surface area contributed by atoms with Crippen molar-refractivity contribution in [1.82, 2.24) is 9.80 Å². The van der Waals surface area contributed by atoms with Gasteiger partial charge in [0.2, 0.25) is 5.91 Å². The summed E-state index contributed by atoms with van der Waals surface area (Å²) in [4.78, 5) is 15.8. The number of rotatable bonds is 4. The number of carbonyl (C=O) groups is 1. The predicted octanol–water partition coefficient (Wildman–Crippen LogP) is 0.557. The molecule has 1 aliphatic heterocycles. The van der Waals surface area contributed by atoms with Crippen LogP contribution in [0.25, 0.3) is 0 Å². The molecule has 1 saturated heterocycles. The van der Waals surface area contributed by atoms with E-state index in [9.17, 15) is 9.90 Å².